The molecule has 2 atom stereocenters. The molecule has 2 rings (SSSR count). The number of nitrogens with zero attached hydrogens (tertiary/aromatic N) is 2. The van der Waals surface area contributed by atoms with Crippen molar-refractivity contribution in [2.75, 3.05) is 0 Å². The fourth-order valence-electron chi connectivity index (χ4n) is 2.05. The lowest BCUT2D eigenvalue weighted by atomic mass is 10.2. The van der Waals surface area contributed by atoms with Gasteiger partial charge in [0.25, 0.3) is 0 Å². The zero-order chi connectivity index (χ0) is 13.3. The number of hydrogen-bond donors (Lipinski definition) is 1. The van der Waals surface area contributed by atoms with Crippen molar-refractivity contribution in [1.29, 1.82) is 0 Å². The summed E-state index contributed by atoms with van der Waals surface area (Å²) in [5, 5.41) is 0. The van der Waals surface area contributed by atoms with E-state index in [0.717, 1.165) is 18.7 Å². The third kappa shape index (κ3) is 2.96. The number of hydrogen-bond acceptors (Lipinski definition) is 3. The number of amides is 1. The second kappa shape index (κ2) is 5.07. The fourth-order valence-corrected chi connectivity index (χ4v) is 3.03. The van der Waals surface area contributed by atoms with E-state index in [9.17, 15) is 4.79 Å². The molecule has 1 aromatic rings. The molecule has 1 saturated heterocycles. The Hall–Kier alpha value is -0.790. The summed E-state index contributed by atoms with van der Waals surface area (Å²) in [4.78, 5) is 21.4. The van der Waals surface area contributed by atoms with E-state index in [-0.39, 0.29) is 16.2 Å². The van der Waals surface area contributed by atoms with Crippen molar-refractivity contribution in [1.82, 2.24) is 14.9 Å². The van der Waals surface area contributed by atoms with Crippen LogP contribution in [0.5, 0.6) is 0 Å². The van der Waals surface area contributed by atoms with Crippen molar-refractivity contribution in [3.8, 4) is 0 Å². The third-order valence-corrected chi connectivity index (χ3v) is 3.98. The highest BCUT2D eigenvalue weighted by atomic mass is 127. The molecule has 0 unspecified atom stereocenters. The van der Waals surface area contributed by atoms with Crippen molar-refractivity contribution in [2.45, 2.75) is 49.3 Å². The number of carbonyl (C=O) groups excluding carboxylic acids is 1. The van der Waals surface area contributed by atoms with Crippen LogP contribution in [0.15, 0.2) is 12.4 Å². The molecule has 0 aromatic carbocycles. The second-order valence-electron chi connectivity index (χ2n) is 5.39. The average molecular weight is 363 g/mol. The van der Waals surface area contributed by atoms with Crippen LogP contribution in [0.3, 0.4) is 0 Å². The Morgan fingerprint density at radius 1 is 1.56 bits per heavy atom. The zero-order valence-corrected chi connectivity index (χ0v) is 13.0. The van der Waals surface area contributed by atoms with Crippen molar-refractivity contribution < 1.29 is 9.53 Å². The van der Waals surface area contributed by atoms with Gasteiger partial charge in [0.1, 0.15) is 11.4 Å². The van der Waals surface area contributed by atoms with Crippen LogP contribution < -0.4 is 0 Å². The number of H-pyrrole nitrogens is 1. The van der Waals surface area contributed by atoms with Gasteiger partial charge < -0.3 is 9.72 Å². The van der Waals surface area contributed by atoms with E-state index >= 15 is 0 Å². The van der Waals surface area contributed by atoms with E-state index in [1.807, 2.05) is 20.8 Å². The number of rotatable bonds is 1. The van der Waals surface area contributed by atoms with Gasteiger partial charge in [0, 0.05) is 12.4 Å². The van der Waals surface area contributed by atoms with Crippen LogP contribution in [0, 0.1) is 0 Å². The first-order valence-electron chi connectivity index (χ1n) is 6.03. The number of ether oxygens (including phenoxy) is 1. The molecule has 6 heteroatoms. The van der Waals surface area contributed by atoms with Gasteiger partial charge in [-0.2, -0.15) is 0 Å². The molecule has 2 heterocycles. The molecule has 1 aromatic heterocycles. The number of carbonyl (C=O) groups is 1. The summed E-state index contributed by atoms with van der Waals surface area (Å²) >= 11 is 2.28. The summed E-state index contributed by atoms with van der Waals surface area (Å²) in [6.07, 6.45) is 5.11. The molecule has 0 saturated carbocycles. The smallest absolute Gasteiger partial charge is 0.411 e. The number of nitrogens with one attached hydrogen (secondary N) is 1. The normalized spacial score (nSPS) is 24.3. The number of aromatic nitrogens is 2. The molecule has 0 bridgehead atoms. The molecule has 0 spiro atoms. The lowest BCUT2D eigenvalue weighted by Crippen LogP contribution is -2.39. The second-order valence-corrected chi connectivity index (χ2v) is 6.83. The van der Waals surface area contributed by atoms with Gasteiger partial charge in [0.05, 0.1) is 10.1 Å². The molecular formula is C12H18IN3O2. The van der Waals surface area contributed by atoms with Crippen molar-refractivity contribution in [3.63, 3.8) is 0 Å². The Morgan fingerprint density at radius 3 is 2.83 bits per heavy atom. The van der Waals surface area contributed by atoms with Gasteiger partial charge in [-0.3, -0.25) is 4.90 Å². The van der Waals surface area contributed by atoms with Crippen LogP contribution in [0.4, 0.5) is 4.79 Å². The molecule has 0 aliphatic carbocycles. The van der Waals surface area contributed by atoms with Gasteiger partial charge in [-0.25, -0.2) is 9.78 Å². The minimum atomic E-state index is -0.469. The third-order valence-electron chi connectivity index (χ3n) is 2.76. The van der Waals surface area contributed by atoms with Crippen molar-refractivity contribution in [2.24, 2.45) is 0 Å². The topological polar surface area (TPSA) is 58.2 Å². The predicted molar refractivity (Wildman–Crippen MR) is 76.4 cm³/mol. The highest BCUT2D eigenvalue weighted by molar-refractivity contribution is 14.1. The standard InChI is InChI=1S/C12H18IN3O2/c1-12(2,3)18-11(17)16-8(4-5-9(16)13)10-14-6-7-15-10/h6-9H,4-5H2,1-3H3,(H,14,15)/t8-,9+/m0/s1. The molecule has 1 N–H and O–H groups in total. The molecule has 0 radical (unpaired) electrons. The number of aromatic amines is 1. The largest absolute Gasteiger partial charge is 0.444 e. The fraction of sp³-hybridized carbons (Fsp3) is 0.667. The lowest BCUT2D eigenvalue weighted by Gasteiger charge is -2.29. The first-order valence-corrected chi connectivity index (χ1v) is 7.28. The average Bonchev–Trinajstić information content (AvgIpc) is 2.82. The van der Waals surface area contributed by atoms with Gasteiger partial charge in [0.2, 0.25) is 0 Å². The highest BCUT2D eigenvalue weighted by Crippen LogP contribution is 2.38. The monoisotopic (exact) mass is 363 g/mol. The molecule has 1 aliphatic heterocycles. The van der Waals surface area contributed by atoms with E-state index < -0.39 is 5.60 Å². The van der Waals surface area contributed by atoms with Gasteiger partial charge in [0.15, 0.2) is 0 Å². The summed E-state index contributed by atoms with van der Waals surface area (Å²) in [5.41, 5.74) is -0.469. The minimum Gasteiger partial charge on any atom is -0.444 e. The Balaban J connectivity index is 2.15. The van der Waals surface area contributed by atoms with Gasteiger partial charge in [-0.15, -0.1) is 0 Å². The highest BCUT2D eigenvalue weighted by Gasteiger charge is 2.39. The molecule has 18 heavy (non-hydrogen) atoms. The maximum atomic E-state index is 12.2. The first kappa shape index (κ1) is 13.6. The zero-order valence-electron chi connectivity index (χ0n) is 10.8. The molecule has 5 nitrogen and oxygen atoms in total. The number of alkyl halides is 1. The van der Waals surface area contributed by atoms with Crippen molar-refractivity contribution >= 4 is 28.7 Å². The Bertz CT molecular complexity index is 413. The van der Waals surface area contributed by atoms with Crippen LogP contribution in [0.25, 0.3) is 0 Å². The maximum Gasteiger partial charge on any atom is 0.411 e. The number of halogens is 1. The molecule has 100 valence electrons. The predicted octanol–water partition coefficient (Wildman–Crippen LogP) is 3.24. The van der Waals surface area contributed by atoms with E-state index in [1.165, 1.54) is 0 Å². The lowest BCUT2D eigenvalue weighted by molar-refractivity contribution is 0.0207. The number of imidazole rings is 1. The van der Waals surface area contributed by atoms with Gasteiger partial charge in [-0.05, 0) is 33.6 Å². The molecular weight excluding hydrogens is 345 g/mol. The Morgan fingerprint density at radius 2 is 2.28 bits per heavy atom. The molecule has 1 fully saturated rings. The summed E-state index contributed by atoms with van der Waals surface area (Å²) < 4.78 is 5.62. The van der Waals surface area contributed by atoms with Crippen LogP contribution in [-0.4, -0.2) is 30.6 Å². The SMILES string of the molecule is CC(C)(C)OC(=O)N1[C@@H](I)CC[C@H]1c1ncc[nH]1. The van der Waals surface area contributed by atoms with Crippen LogP contribution >= 0.6 is 22.6 Å². The molecule has 1 aliphatic rings. The van der Waals surface area contributed by atoms with Crippen LogP contribution in [0.1, 0.15) is 45.5 Å². The van der Waals surface area contributed by atoms with Crippen LogP contribution in [-0.2, 0) is 4.74 Å². The van der Waals surface area contributed by atoms with Gasteiger partial charge >= 0.3 is 6.09 Å². The maximum absolute atomic E-state index is 12.2. The van der Waals surface area contributed by atoms with Gasteiger partial charge in [-0.1, -0.05) is 22.6 Å². The van der Waals surface area contributed by atoms with E-state index in [0.29, 0.717) is 0 Å². The minimum absolute atomic E-state index is 0.00301. The quantitative estimate of drug-likeness (QED) is 0.474. The van der Waals surface area contributed by atoms with Crippen molar-refractivity contribution in [3.05, 3.63) is 18.2 Å². The van der Waals surface area contributed by atoms with E-state index in [1.54, 1.807) is 17.3 Å². The summed E-state index contributed by atoms with van der Waals surface area (Å²) in [6.45, 7) is 5.64. The summed E-state index contributed by atoms with van der Waals surface area (Å²) in [6, 6.07) is -0.00301. The summed E-state index contributed by atoms with van der Waals surface area (Å²) in [5.74, 6) is 0.833. The van der Waals surface area contributed by atoms with E-state index in [4.69, 9.17) is 4.74 Å². The van der Waals surface area contributed by atoms with E-state index in [2.05, 4.69) is 32.6 Å². The number of likely N-dealkylation sites (tertiary alicyclic amines) is 1. The Labute approximate surface area is 120 Å². The van der Waals surface area contributed by atoms with Crippen LogP contribution in [0.2, 0.25) is 0 Å². The molecule has 1 amide bonds. The first-order chi connectivity index (χ1) is 8.38. The summed E-state index contributed by atoms with van der Waals surface area (Å²) in [7, 11) is 0. The Kier molecular flexibility index (Phi) is 3.84.